The first-order chi connectivity index (χ1) is 7.95. The number of amides is 1. The van der Waals surface area contributed by atoms with E-state index in [9.17, 15) is 9.59 Å². The molecule has 92 valence electrons. The minimum Gasteiger partial charge on any atom is -0.478 e. The molecule has 5 nitrogen and oxygen atoms in total. The number of carbonyl (C=O) groups is 2. The summed E-state index contributed by atoms with van der Waals surface area (Å²) in [6, 6.07) is 4.19. The molecule has 0 aromatic heterocycles. The molecule has 1 aromatic carbocycles. The summed E-state index contributed by atoms with van der Waals surface area (Å²) in [5.74, 6) is -1.45. The molecule has 4 N–H and O–H groups in total. The molecular weight excluding hydrogens is 220 g/mol. The summed E-state index contributed by atoms with van der Waals surface area (Å²) in [6.07, 6.45) is 0.500. The van der Waals surface area contributed by atoms with Crippen molar-refractivity contribution < 1.29 is 14.7 Å². The number of carbonyl (C=O) groups excluding carboxylic acids is 1. The van der Waals surface area contributed by atoms with Crippen LogP contribution in [-0.4, -0.2) is 23.0 Å². The van der Waals surface area contributed by atoms with Crippen molar-refractivity contribution in [2.24, 2.45) is 5.73 Å². The van der Waals surface area contributed by atoms with Crippen molar-refractivity contribution in [3.8, 4) is 0 Å². The second kappa shape index (κ2) is 5.45. The molecule has 0 aliphatic carbocycles. The van der Waals surface area contributed by atoms with Crippen LogP contribution < -0.4 is 11.1 Å². The van der Waals surface area contributed by atoms with Crippen LogP contribution in [-0.2, 0) is 4.79 Å². The second-order valence-electron chi connectivity index (χ2n) is 3.86. The summed E-state index contributed by atoms with van der Waals surface area (Å²) in [5, 5.41) is 11.5. The van der Waals surface area contributed by atoms with Gasteiger partial charge in [0.1, 0.15) is 0 Å². The highest BCUT2D eigenvalue weighted by atomic mass is 16.4. The lowest BCUT2D eigenvalue weighted by atomic mass is 10.1. The molecule has 17 heavy (non-hydrogen) atoms. The zero-order valence-corrected chi connectivity index (χ0v) is 9.86. The summed E-state index contributed by atoms with van der Waals surface area (Å²) in [5.41, 5.74) is 6.73. The molecule has 0 aliphatic heterocycles. The van der Waals surface area contributed by atoms with Gasteiger partial charge in [-0.2, -0.15) is 0 Å². The number of anilines is 1. The monoisotopic (exact) mass is 236 g/mol. The van der Waals surface area contributed by atoms with Gasteiger partial charge < -0.3 is 16.2 Å². The van der Waals surface area contributed by atoms with Crippen LogP contribution in [0.25, 0.3) is 0 Å². The third-order valence-electron chi connectivity index (χ3n) is 2.44. The summed E-state index contributed by atoms with van der Waals surface area (Å²) in [4.78, 5) is 22.6. The number of nitrogens with one attached hydrogen (secondary N) is 1. The smallest absolute Gasteiger partial charge is 0.337 e. The summed E-state index contributed by atoms with van der Waals surface area (Å²) in [7, 11) is 0. The number of hydrogen-bond acceptors (Lipinski definition) is 3. The Labute approximate surface area is 99.6 Å². The lowest BCUT2D eigenvalue weighted by molar-refractivity contribution is -0.117. The summed E-state index contributed by atoms with van der Waals surface area (Å²) in [6.45, 7) is 3.58. The molecule has 0 fully saturated rings. The predicted molar refractivity (Wildman–Crippen MR) is 65.0 cm³/mol. The average molecular weight is 236 g/mol. The van der Waals surface area contributed by atoms with Gasteiger partial charge >= 0.3 is 5.97 Å². The number of rotatable bonds is 4. The highest BCUT2D eigenvalue weighted by Gasteiger charge is 2.15. The Morgan fingerprint density at radius 2 is 2.12 bits per heavy atom. The first kappa shape index (κ1) is 13.2. The molecule has 0 saturated carbocycles. The molecular formula is C12H16N2O3. The Morgan fingerprint density at radius 1 is 1.47 bits per heavy atom. The van der Waals surface area contributed by atoms with Gasteiger partial charge in [0.2, 0.25) is 5.91 Å². The fourth-order valence-corrected chi connectivity index (χ4v) is 1.35. The van der Waals surface area contributed by atoms with Gasteiger partial charge in [0.05, 0.1) is 17.3 Å². The second-order valence-corrected chi connectivity index (χ2v) is 3.86. The quantitative estimate of drug-likeness (QED) is 0.736. The van der Waals surface area contributed by atoms with Crippen LogP contribution >= 0.6 is 0 Å². The van der Waals surface area contributed by atoms with Gasteiger partial charge in [0, 0.05) is 0 Å². The molecule has 0 radical (unpaired) electrons. The largest absolute Gasteiger partial charge is 0.478 e. The molecule has 1 unspecified atom stereocenters. The first-order valence-electron chi connectivity index (χ1n) is 5.36. The number of nitrogens with two attached hydrogens (primary N) is 1. The number of aromatic carboxylic acids is 1. The van der Waals surface area contributed by atoms with Gasteiger partial charge in [0.25, 0.3) is 0 Å². The Kier molecular flexibility index (Phi) is 4.23. The maximum atomic E-state index is 11.6. The Hall–Kier alpha value is -1.88. The minimum atomic E-state index is -1.07. The number of benzene rings is 1. The van der Waals surface area contributed by atoms with Crippen molar-refractivity contribution in [3.05, 3.63) is 29.3 Å². The van der Waals surface area contributed by atoms with E-state index in [-0.39, 0.29) is 17.2 Å². The van der Waals surface area contributed by atoms with Crippen LogP contribution in [0.5, 0.6) is 0 Å². The van der Waals surface area contributed by atoms with Crippen molar-refractivity contribution >= 4 is 17.6 Å². The van der Waals surface area contributed by atoms with Crippen molar-refractivity contribution in [1.82, 2.24) is 0 Å². The molecule has 1 atom stereocenters. The number of aryl methyl sites for hydroxylation is 1. The Bertz CT molecular complexity index is 443. The van der Waals surface area contributed by atoms with E-state index >= 15 is 0 Å². The maximum absolute atomic E-state index is 11.6. The highest BCUT2D eigenvalue weighted by Crippen LogP contribution is 2.17. The zero-order valence-electron chi connectivity index (χ0n) is 9.86. The number of carboxylic acids is 1. The highest BCUT2D eigenvalue weighted by molar-refractivity contribution is 6.02. The van der Waals surface area contributed by atoms with Crippen LogP contribution in [0.1, 0.15) is 29.3 Å². The number of carboxylic acid groups (broad SMARTS) is 1. The number of hydrogen-bond donors (Lipinski definition) is 3. The molecule has 1 amide bonds. The van der Waals surface area contributed by atoms with E-state index in [4.69, 9.17) is 10.8 Å². The van der Waals surface area contributed by atoms with Crippen LogP contribution in [0.2, 0.25) is 0 Å². The van der Waals surface area contributed by atoms with E-state index in [2.05, 4.69) is 5.32 Å². The normalized spacial score (nSPS) is 11.9. The van der Waals surface area contributed by atoms with Crippen LogP contribution in [0.15, 0.2) is 18.2 Å². The lowest BCUT2D eigenvalue weighted by Crippen LogP contribution is -2.35. The van der Waals surface area contributed by atoms with Gasteiger partial charge in [0.15, 0.2) is 0 Å². The standard InChI is InChI=1S/C12H16N2O3/c1-3-9(13)11(15)14-10-5-4-7(2)6-8(10)12(16)17/h4-6,9H,3,13H2,1-2H3,(H,14,15)(H,16,17). The maximum Gasteiger partial charge on any atom is 0.337 e. The SMILES string of the molecule is CCC(N)C(=O)Nc1ccc(C)cc1C(=O)O. The third kappa shape index (κ3) is 3.29. The lowest BCUT2D eigenvalue weighted by Gasteiger charge is -2.12. The average Bonchev–Trinajstić information content (AvgIpc) is 2.29. The van der Waals surface area contributed by atoms with Gasteiger partial charge in [-0.05, 0) is 25.5 Å². The molecule has 0 aliphatic rings. The fourth-order valence-electron chi connectivity index (χ4n) is 1.35. The van der Waals surface area contributed by atoms with Gasteiger partial charge in [-0.3, -0.25) is 4.79 Å². The summed E-state index contributed by atoms with van der Waals surface area (Å²) >= 11 is 0. The first-order valence-corrected chi connectivity index (χ1v) is 5.36. The van der Waals surface area contributed by atoms with Gasteiger partial charge in [-0.25, -0.2) is 4.79 Å². The van der Waals surface area contributed by atoms with E-state index in [1.165, 1.54) is 6.07 Å². The van der Waals surface area contributed by atoms with E-state index in [1.807, 2.05) is 0 Å². The Balaban J connectivity index is 2.98. The molecule has 5 heteroatoms. The minimum absolute atomic E-state index is 0.0710. The Morgan fingerprint density at radius 3 is 2.65 bits per heavy atom. The molecule has 1 rings (SSSR count). The van der Waals surface area contributed by atoms with E-state index in [0.29, 0.717) is 6.42 Å². The molecule has 0 bridgehead atoms. The van der Waals surface area contributed by atoms with Crippen LogP contribution in [0.4, 0.5) is 5.69 Å². The van der Waals surface area contributed by atoms with E-state index < -0.39 is 12.0 Å². The van der Waals surface area contributed by atoms with Crippen molar-refractivity contribution in [3.63, 3.8) is 0 Å². The van der Waals surface area contributed by atoms with E-state index in [0.717, 1.165) is 5.56 Å². The predicted octanol–water partition coefficient (Wildman–Crippen LogP) is 1.37. The van der Waals surface area contributed by atoms with Crippen molar-refractivity contribution in [2.45, 2.75) is 26.3 Å². The van der Waals surface area contributed by atoms with Gasteiger partial charge in [-0.15, -0.1) is 0 Å². The summed E-state index contributed by atoms with van der Waals surface area (Å²) < 4.78 is 0. The fraction of sp³-hybridized carbons (Fsp3) is 0.333. The van der Waals surface area contributed by atoms with Crippen LogP contribution in [0, 0.1) is 6.92 Å². The van der Waals surface area contributed by atoms with Gasteiger partial charge in [-0.1, -0.05) is 18.6 Å². The van der Waals surface area contributed by atoms with Crippen molar-refractivity contribution in [2.75, 3.05) is 5.32 Å². The topological polar surface area (TPSA) is 92.4 Å². The molecule has 0 saturated heterocycles. The van der Waals surface area contributed by atoms with Crippen molar-refractivity contribution in [1.29, 1.82) is 0 Å². The van der Waals surface area contributed by atoms with E-state index in [1.54, 1.807) is 26.0 Å². The zero-order chi connectivity index (χ0) is 13.0. The molecule has 0 spiro atoms. The molecule has 1 aromatic rings. The van der Waals surface area contributed by atoms with Crippen LogP contribution in [0.3, 0.4) is 0 Å². The third-order valence-corrected chi connectivity index (χ3v) is 2.44. The molecule has 0 heterocycles.